The van der Waals surface area contributed by atoms with Crippen molar-refractivity contribution in [3.05, 3.63) is 59.2 Å². The number of aliphatic carboxylic acids is 1. The fraction of sp³-hybridized carbons (Fsp3) is 0.375. The van der Waals surface area contributed by atoms with Crippen LogP contribution >= 0.6 is 0 Å². The van der Waals surface area contributed by atoms with Gasteiger partial charge in [0.1, 0.15) is 0 Å². The maximum absolute atomic E-state index is 12.9. The molecule has 2 aromatic carbocycles. The van der Waals surface area contributed by atoms with Gasteiger partial charge in [0.05, 0.1) is 26.0 Å². The normalized spacial score (nSPS) is 15.5. The molecule has 0 unspecified atom stereocenters. The van der Waals surface area contributed by atoms with Gasteiger partial charge in [-0.1, -0.05) is 31.2 Å². The molecule has 0 saturated heterocycles. The zero-order chi connectivity index (χ0) is 22.4. The van der Waals surface area contributed by atoms with Gasteiger partial charge in [-0.2, -0.15) is 5.10 Å². The van der Waals surface area contributed by atoms with Crippen molar-refractivity contribution in [2.45, 2.75) is 45.1 Å². The molecule has 1 amide bonds. The van der Waals surface area contributed by atoms with Crippen LogP contribution in [0.3, 0.4) is 0 Å². The van der Waals surface area contributed by atoms with Crippen molar-refractivity contribution in [3.8, 4) is 11.5 Å². The summed E-state index contributed by atoms with van der Waals surface area (Å²) in [6, 6.07) is 13.5. The van der Waals surface area contributed by atoms with E-state index in [1.165, 1.54) is 10.6 Å². The standard InChI is InChI=1S/C24H28N2O5/c1-4-16-8-10-17(11-9-16)20-15-19(18-12-13-21(30-2)22(14-18)31-3)25-26(20)23(27)6-5-7-24(28)29/h8-14,20H,4-7,15H2,1-3H3,(H,28,29)/p-1/t20-/m0/s1. The molecule has 0 aromatic heterocycles. The maximum Gasteiger partial charge on any atom is 0.243 e. The van der Waals surface area contributed by atoms with E-state index >= 15 is 0 Å². The number of rotatable bonds is 9. The van der Waals surface area contributed by atoms with Crippen molar-refractivity contribution in [2.75, 3.05) is 14.2 Å². The lowest BCUT2D eigenvalue weighted by molar-refractivity contribution is -0.305. The molecule has 164 valence electrons. The topological polar surface area (TPSA) is 91.3 Å². The minimum atomic E-state index is -1.16. The Morgan fingerprint density at radius 2 is 1.77 bits per heavy atom. The molecule has 0 aliphatic carbocycles. The minimum absolute atomic E-state index is 0.0975. The van der Waals surface area contributed by atoms with Gasteiger partial charge in [0.2, 0.25) is 5.91 Å². The smallest absolute Gasteiger partial charge is 0.243 e. The van der Waals surface area contributed by atoms with Crippen molar-refractivity contribution < 1.29 is 24.2 Å². The van der Waals surface area contributed by atoms with Gasteiger partial charge in [-0.25, -0.2) is 5.01 Å². The number of hydrazone groups is 1. The van der Waals surface area contributed by atoms with Gasteiger partial charge in [0, 0.05) is 24.4 Å². The Morgan fingerprint density at radius 3 is 2.39 bits per heavy atom. The zero-order valence-electron chi connectivity index (χ0n) is 18.1. The van der Waals surface area contributed by atoms with Crippen LogP contribution in [0.1, 0.15) is 55.3 Å². The van der Waals surface area contributed by atoms with Gasteiger partial charge in [-0.05, 0) is 48.6 Å². The molecule has 0 fully saturated rings. The van der Waals surface area contributed by atoms with Crippen molar-refractivity contribution in [1.82, 2.24) is 5.01 Å². The first-order valence-corrected chi connectivity index (χ1v) is 10.4. The number of amides is 1. The summed E-state index contributed by atoms with van der Waals surface area (Å²) in [6.45, 7) is 2.09. The SMILES string of the molecule is CCc1ccc([C@@H]2CC(c3ccc(OC)c(OC)c3)=NN2C(=O)CCCC(=O)[O-])cc1. The number of carbonyl (C=O) groups excluding carboxylic acids is 2. The average molecular weight is 423 g/mol. The average Bonchev–Trinajstić information content (AvgIpc) is 3.24. The second-order valence-electron chi connectivity index (χ2n) is 7.40. The third kappa shape index (κ3) is 5.23. The highest BCUT2D eigenvalue weighted by Crippen LogP contribution is 2.36. The molecule has 1 heterocycles. The number of hydrogen-bond donors (Lipinski definition) is 0. The summed E-state index contributed by atoms with van der Waals surface area (Å²) in [5.41, 5.74) is 3.82. The number of methoxy groups -OCH3 is 2. The highest BCUT2D eigenvalue weighted by molar-refractivity contribution is 6.03. The van der Waals surface area contributed by atoms with Gasteiger partial charge in [0.25, 0.3) is 0 Å². The van der Waals surface area contributed by atoms with Crippen molar-refractivity contribution >= 4 is 17.6 Å². The molecule has 31 heavy (non-hydrogen) atoms. The molecule has 7 nitrogen and oxygen atoms in total. The Balaban J connectivity index is 1.90. The third-order valence-corrected chi connectivity index (χ3v) is 5.43. The molecule has 1 aliphatic rings. The lowest BCUT2D eigenvalue weighted by Crippen LogP contribution is -2.28. The van der Waals surface area contributed by atoms with Crippen molar-refractivity contribution in [2.24, 2.45) is 5.10 Å². The first-order valence-electron chi connectivity index (χ1n) is 10.4. The maximum atomic E-state index is 12.9. The molecule has 1 atom stereocenters. The number of carbonyl (C=O) groups is 2. The van der Waals surface area contributed by atoms with Crippen LogP contribution in [0.15, 0.2) is 47.6 Å². The Morgan fingerprint density at radius 1 is 1.06 bits per heavy atom. The minimum Gasteiger partial charge on any atom is -0.550 e. The van der Waals surface area contributed by atoms with Gasteiger partial charge < -0.3 is 19.4 Å². The lowest BCUT2D eigenvalue weighted by atomic mass is 9.97. The molecule has 7 heteroatoms. The summed E-state index contributed by atoms with van der Waals surface area (Å²) in [6.07, 6.45) is 1.65. The summed E-state index contributed by atoms with van der Waals surface area (Å²) < 4.78 is 10.7. The fourth-order valence-corrected chi connectivity index (χ4v) is 3.66. The van der Waals surface area contributed by atoms with Crippen LogP contribution in [0.25, 0.3) is 0 Å². The predicted octanol–water partition coefficient (Wildman–Crippen LogP) is 2.86. The van der Waals surface area contributed by atoms with E-state index in [4.69, 9.17) is 9.47 Å². The van der Waals surface area contributed by atoms with Crippen LogP contribution in [-0.4, -0.2) is 36.8 Å². The van der Waals surface area contributed by atoms with E-state index in [9.17, 15) is 14.7 Å². The van der Waals surface area contributed by atoms with E-state index in [0.717, 1.165) is 23.3 Å². The van der Waals surface area contributed by atoms with Gasteiger partial charge in [-0.15, -0.1) is 0 Å². The van der Waals surface area contributed by atoms with Gasteiger partial charge >= 0.3 is 0 Å². The summed E-state index contributed by atoms with van der Waals surface area (Å²) in [5, 5.41) is 16.8. The van der Waals surface area contributed by atoms with E-state index in [2.05, 4.69) is 24.2 Å². The van der Waals surface area contributed by atoms with Gasteiger partial charge in [0.15, 0.2) is 11.5 Å². The summed E-state index contributed by atoms with van der Waals surface area (Å²) in [7, 11) is 3.15. The molecule has 0 bridgehead atoms. The highest BCUT2D eigenvalue weighted by Gasteiger charge is 2.33. The van der Waals surface area contributed by atoms with Crippen LogP contribution in [-0.2, 0) is 16.0 Å². The van der Waals surface area contributed by atoms with Crippen molar-refractivity contribution in [1.29, 1.82) is 0 Å². The summed E-state index contributed by atoms with van der Waals surface area (Å²) in [5.74, 6) is -0.159. The molecular formula is C24H27N2O5-. The third-order valence-electron chi connectivity index (χ3n) is 5.43. The molecule has 0 radical (unpaired) electrons. The second-order valence-corrected chi connectivity index (χ2v) is 7.40. The molecule has 0 saturated carbocycles. The molecule has 3 rings (SSSR count). The quantitative estimate of drug-likeness (QED) is 0.619. The van der Waals surface area contributed by atoms with Crippen LogP contribution in [0.2, 0.25) is 0 Å². The summed E-state index contributed by atoms with van der Waals surface area (Å²) >= 11 is 0. The first-order chi connectivity index (χ1) is 15.0. The molecular weight excluding hydrogens is 396 g/mol. The van der Waals surface area contributed by atoms with Crippen LogP contribution < -0.4 is 14.6 Å². The first kappa shape index (κ1) is 22.3. The summed E-state index contributed by atoms with van der Waals surface area (Å²) in [4.78, 5) is 23.6. The van der Waals surface area contributed by atoms with E-state index in [-0.39, 0.29) is 31.2 Å². The molecule has 1 aliphatic heterocycles. The Labute approximate surface area is 182 Å². The highest BCUT2D eigenvalue weighted by atomic mass is 16.5. The second kappa shape index (κ2) is 10.1. The number of carboxylic acid groups (broad SMARTS) is 1. The largest absolute Gasteiger partial charge is 0.550 e. The molecule has 2 aromatic rings. The Hall–Kier alpha value is -3.35. The fourth-order valence-electron chi connectivity index (χ4n) is 3.66. The predicted molar refractivity (Wildman–Crippen MR) is 115 cm³/mol. The van der Waals surface area contributed by atoms with Gasteiger partial charge in [-0.3, -0.25) is 4.79 Å². The monoisotopic (exact) mass is 423 g/mol. The number of carboxylic acids is 1. The number of aryl methyl sites for hydroxylation is 1. The lowest BCUT2D eigenvalue weighted by Gasteiger charge is -2.22. The zero-order valence-corrected chi connectivity index (χ0v) is 18.1. The number of ether oxygens (including phenoxy) is 2. The Bertz CT molecular complexity index is 968. The van der Waals surface area contributed by atoms with E-state index in [1.807, 2.05) is 30.3 Å². The molecule has 0 spiro atoms. The number of benzene rings is 2. The Kier molecular flexibility index (Phi) is 7.28. The van der Waals surface area contributed by atoms with Crippen molar-refractivity contribution in [3.63, 3.8) is 0 Å². The number of hydrogen-bond acceptors (Lipinski definition) is 6. The van der Waals surface area contributed by atoms with Crippen LogP contribution in [0.4, 0.5) is 0 Å². The van der Waals surface area contributed by atoms with Crippen LogP contribution in [0.5, 0.6) is 11.5 Å². The number of nitrogens with zero attached hydrogens (tertiary/aromatic N) is 2. The van der Waals surface area contributed by atoms with E-state index in [0.29, 0.717) is 17.9 Å². The van der Waals surface area contributed by atoms with E-state index in [1.54, 1.807) is 14.2 Å². The van der Waals surface area contributed by atoms with Crippen LogP contribution in [0, 0.1) is 0 Å². The van der Waals surface area contributed by atoms with E-state index < -0.39 is 5.97 Å². The molecule has 0 N–H and O–H groups in total.